The first-order chi connectivity index (χ1) is 4.88. The van der Waals surface area contributed by atoms with Gasteiger partial charge in [0.05, 0.1) is 6.04 Å². The fourth-order valence-corrected chi connectivity index (χ4v) is 1.58. The summed E-state index contributed by atoms with van der Waals surface area (Å²) in [6, 6.07) is 0.189. The summed E-state index contributed by atoms with van der Waals surface area (Å²) >= 11 is 0. The molecule has 1 saturated carbocycles. The van der Waals surface area contributed by atoms with Gasteiger partial charge in [0.15, 0.2) is 0 Å². The molecule has 0 aromatic carbocycles. The Morgan fingerprint density at radius 1 is 1.40 bits per heavy atom. The molecule has 1 atom stereocenters. The van der Waals surface area contributed by atoms with Gasteiger partial charge in [-0.25, -0.2) is 0 Å². The number of nitrogens with zero attached hydrogens (tertiary/aromatic N) is 1. The third-order valence-electron chi connectivity index (χ3n) is 2.38. The van der Waals surface area contributed by atoms with Crippen LogP contribution in [0.4, 0.5) is 4.48 Å². The average Bonchev–Trinajstić information content (AvgIpc) is 2.71. The van der Waals surface area contributed by atoms with Gasteiger partial charge in [-0.15, -0.1) is 9.60 Å². The van der Waals surface area contributed by atoms with Crippen LogP contribution in [-0.4, -0.2) is 30.8 Å². The van der Waals surface area contributed by atoms with Crippen LogP contribution in [0.25, 0.3) is 0 Å². The van der Waals surface area contributed by atoms with Crippen molar-refractivity contribution in [3.8, 4) is 0 Å². The van der Waals surface area contributed by atoms with Gasteiger partial charge in [-0.05, 0) is 18.8 Å². The molecule has 2 aliphatic rings. The molecule has 58 valence electrons. The fourth-order valence-electron chi connectivity index (χ4n) is 1.58. The molecular formula is C7H13FN2. The third-order valence-corrected chi connectivity index (χ3v) is 2.38. The summed E-state index contributed by atoms with van der Waals surface area (Å²) in [4.78, 5) is 0. The molecule has 1 heterocycles. The molecule has 0 bridgehead atoms. The Morgan fingerprint density at radius 2 is 2.20 bits per heavy atom. The SMILES string of the molecule is FN1CCNCC1C1CC1. The van der Waals surface area contributed by atoms with Crippen LogP contribution < -0.4 is 5.32 Å². The molecule has 2 rings (SSSR count). The molecule has 0 spiro atoms. The van der Waals surface area contributed by atoms with Crippen LogP contribution in [0.3, 0.4) is 0 Å². The maximum absolute atomic E-state index is 12.9. The largest absolute Gasteiger partial charge is 0.314 e. The number of hydrogen-bond acceptors (Lipinski definition) is 2. The van der Waals surface area contributed by atoms with Gasteiger partial charge in [-0.3, -0.25) is 0 Å². The van der Waals surface area contributed by atoms with Crippen LogP contribution in [-0.2, 0) is 0 Å². The quantitative estimate of drug-likeness (QED) is 0.541. The van der Waals surface area contributed by atoms with Crippen molar-refractivity contribution in [3.05, 3.63) is 0 Å². The maximum Gasteiger partial charge on any atom is 0.0555 e. The first-order valence-corrected chi connectivity index (χ1v) is 4.01. The van der Waals surface area contributed by atoms with Gasteiger partial charge in [-0.1, -0.05) is 0 Å². The molecule has 0 aromatic heterocycles. The molecule has 1 N–H and O–H groups in total. The predicted octanol–water partition coefficient (Wildman–Crippen LogP) is 0.555. The Kier molecular flexibility index (Phi) is 1.62. The number of rotatable bonds is 1. The summed E-state index contributed by atoms with van der Waals surface area (Å²) in [7, 11) is 0. The molecule has 1 saturated heterocycles. The molecule has 3 heteroatoms. The Labute approximate surface area is 60.3 Å². The Bertz CT molecular complexity index is 125. The molecule has 1 unspecified atom stereocenters. The summed E-state index contributed by atoms with van der Waals surface area (Å²) in [6.45, 7) is 2.22. The summed E-state index contributed by atoms with van der Waals surface area (Å²) in [5.41, 5.74) is 0. The van der Waals surface area contributed by atoms with Crippen molar-refractivity contribution in [2.45, 2.75) is 18.9 Å². The van der Waals surface area contributed by atoms with Crippen LogP contribution in [0, 0.1) is 5.92 Å². The van der Waals surface area contributed by atoms with Gasteiger partial charge >= 0.3 is 0 Å². The predicted molar refractivity (Wildman–Crippen MR) is 37.2 cm³/mol. The molecule has 1 aliphatic carbocycles. The minimum Gasteiger partial charge on any atom is -0.314 e. The molecular weight excluding hydrogens is 131 g/mol. The Morgan fingerprint density at radius 3 is 2.80 bits per heavy atom. The van der Waals surface area contributed by atoms with Crippen LogP contribution >= 0.6 is 0 Å². The highest BCUT2D eigenvalue weighted by Gasteiger charge is 2.36. The first-order valence-electron chi connectivity index (χ1n) is 4.01. The molecule has 0 radical (unpaired) electrons. The second-order valence-corrected chi connectivity index (χ2v) is 3.23. The zero-order chi connectivity index (χ0) is 6.97. The van der Waals surface area contributed by atoms with Gasteiger partial charge in [0.2, 0.25) is 0 Å². The lowest BCUT2D eigenvalue weighted by Gasteiger charge is -2.28. The molecule has 1 aliphatic heterocycles. The minimum absolute atomic E-state index is 0.189. The second kappa shape index (κ2) is 2.47. The van der Waals surface area contributed by atoms with Gasteiger partial charge in [0.1, 0.15) is 0 Å². The smallest absolute Gasteiger partial charge is 0.0555 e. The van der Waals surface area contributed by atoms with Crippen LogP contribution in [0.1, 0.15) is 12.8 Å². The van der Waals surface area contributed by atoms with E-state index in [1.54, 1.807) is 0 Å². The normalized spacial score (nSPS) is 36.3. The zero-order valence-electron chi connectivity index (χ0n) is 6.02. The fraction of sp³-hybridized carbons (Fsp3) is 1.00. The van der Waals surface area contributed by atoms with E-state index in [0.29, 0.717) is 12.5 Å². The average molecular weight is 144 g/mol. The lowest BCUT2D eigenvalue weighted by Crippen LogP contribution is -2.48. The van der Waals surface area contributed by atoms with E-state index in [-0.39, 0.29) is 6.04 Å². The van der Waals surface area contributed by atoms with Crippen LogP contribution in [0.2, 0.25) is 0 Å². The van der Waals surface area contributed by atoms with E-state index in [9.17, 15) is 4.48 Å². The standard InChI is InChI=1S/C7H13FN2/c8-10-4-3-9-5-7(10)6-1-2-6/h6-7,9H,1-5H2. The maximum atomic E-state index is 12.9. The van der Waals surface area contributed by atoms with Crippen molar-refractivity contribution in [2.75, 3.05) is 19.6 Å². The van der Waals surface area contributed by atoms with Crippen molar-refractivity contribution < 1.29 is 4.48 Å². The van der Waals surface area contributed by atoms with E-state index < -0.39 is 0 Å². The summed E-state index contributed by atoms with van der Waals surface area (Å²) in [5.74, 6) is 0.651. The molecule has 2 fully saturated rings. The lowest BCUT2D eigenvalue weighted by molar-refractivity contribution is -0.0446. The van der Waals surface area contributed by atoms with Gasteiger partial charge < -0.3 is 5.32 Å². The van der Waals surface area contributed by atoms with Crippen molar-refractivity contribution in [3.63, 3.8) is 0 Å². The van der Waals surface area contributed by atoms with Gasteiger partial charge in [-0.2, -0.15) is 0 Å². The van der Waals surface area contributed by atoms with Gasteiger partial charge in [0, 0.05) is 19.6 Å². The summed E-state index contributed by atoms with van der Waals surface area (Å²) < 4.78 is 12.9. The number of nitrogens with one attached hydrogen (secondary N) is 1. The third kappa shape index (κ3) is 1.16. The first kappa shape index (κ1) is 6.55. The van der Waals surface area contributed by atoms with Crippen LogP contribution in [0.5, 0.6) is 0 Å². The molecule has 0 amide bonds. The van der Waals surface area contributed by atoms with E-state index in [1.807, 2.05) is 0 Å². The zero-order valence-corrected chi connectivity index (χ0v) is 6.02. The number of piperazine rings is 1. The van der Waals surface area contributed by atoms with Crippen LogP contribution in [0.15, 0.2) is 0 Å². The minimum atomic E-state index is 0.189. The van der Waals surface area contributed by atoms with E-state index >= 15 is 0 Å². The number of hydrogen-bond donors (Lipinski definition) is 1. The highest BCUT2D eigenvalue weighted by molar-refractivity contribution is 4.89. The molecule has 2 nitrogen and oxygen atoms in total. The van der Waals surface area contributed by atoms with E-state index in [1.165, 1.54) is 12.8 Å². The topological polar surface area (TPSA) is 15.3 Å². The lowest BCUT2D eigenvalue weighted by atomic mass is 10.1. The highest BCUT2D eigenvalue weighted by atomic mass is 19.2. The van der Waals surface area contributed by atoms with E-state index in [2.05, 4.69) is 5.32 Å². The number of halogens is 1. The van der Waals surface area contributed by atoms with Crippen molar-refractivity contribution in [2.24, 2.45) is 5.92 Å². The van der Waals surface area contributed by atoms with E-state index in [0.717, 1.165) is 18.2 Å². The Balaban J connectivity index is 1.90. The van der Waals surface area contributed by atoms with E-state index in [4.69, 9.17) is 0 Å². The van der Waals surface area contributed by atoms with Crippen molar-refractivity contribution in [1.82, 2.24) is 10.4 Å². The summed E-state index contributed by atoms with van der Waals surface area (Å²) in [5, 5.41) is 4.21. The Hall–Kier alpha value is -0.150. The molecule has 0 aromatic rings. The van der Waals surface area contributed by atoms with Crippen molar-refractivity contribution >= 4 is 0 Å². The monoisotopic (exact) mass is 144 g/mol. The highest BCUT2D eigenvalue weighted by Crippen LogP contribution is 2.35. The molecule has 10 heavy (non-hydrogen) atoms. The van der Waals surface area contributed by atoms with Crippen molar-refractivity contribution in [1.29, 1.82) is 0 Å². The second-order valence-electron chi connectivity index (χ2n) is 3.23. The van der Waals surface area contributed by atoms with Gasteiger partial charge in [0.25, 0.3) is 0 Å². The summed E-state index contributed by atoms with van der Waals surface area (Å²) in [6.07, 6.45) is 2.46.